The number of para-hydroxylation sites is 1. The number of ether oxygens (including phenoxy) is 1. The molecule has 0 aliphatic carbocycles. The van der Waals surface area contributed by atoms with Crippen molar-refractivity contribution in [1.29, 1.82) is 0 Å². The van der Waals surface area contributed by atoms with Crippen LogP contribution in [0.25, 0.3) is 0 Å². The Hall–Kier alpha value is -3.16. The van der Waals surface area contributed by atoms with Gasteiger partial charge in [0.25, 0.3) is 5.91 Å². The Morgan fingerprint density at radius 2 is 2.07 bits per heavy atom. The van der Waals surface area contributed by atoms with E-state index < -0.39 is 11.6 Å². The van der Waals surface area contributed by atoms with E-state index in [-0.39, 0.29) is 37.2 Å². The fourth-order valence-corrected chi connectivity index (χ4v) is 4.11. The number of carbonyl (C=O) groups excluding carboxylic acids is 3. The molecule has 29 heavy (non-hydrogen) atoms. The van der Waals surface area contributed by atoms with E-state index in [9.17, 15) is 14.4 Å². The highest BCUT2D eigenvalue weighted by atomic mass is 16.5. The third-order valence-electron chi connectivity index (χ3n) is 5.28. The molecule has 1 fully saturated rings. The van der Waals surface area contributed by atoms with Crippen molar-refractivity contribution >= 4 is 23.5 Å². The van der Waals surface area contributed by atoms with Crippen LogP contribution in [0.4, 0.5) is 5.69 Å². The number of hydrogen-bond acceptors (Lipinski definition) is 6. The number of benzene rings is 1. The number of fused-ring (bicyclic) bond motifs is 3. The zero-order valence-electron chi connectivity index (χ0n) is 16.7. The number of nitrogens with zero attached hydrogens (tertiary/aromatic N) is 3. The van der Waals surface area contributed by atoms with E-state index >= 15 is 0 Å². The first-order valence-corrected chi connectivity index (χ1v) is 9.68. The fourth-order valence-electron chi connectivity index (χ4n) is 4.11. The van der Waals surface area contributed by atoms with Crippen molar-refractivity contribution in [3.63, 3.8) is 0 Å². The van der Waals surface area contributed by atoms with Crippen LogP contribution in [-0.4, -0.2) is 40.0 Å². The largest absolute Gasteiger partial charge is 0.456 e. The number of esters is 1. The predicted molar refractivity (Wildman–Crippen MR) is 103 cm³/mol. The topological polar surface area (TPSA) is 93.0 Å². The molecular weight excluding hydrogens is 374 g/mol. The van der Waals surface area contributed by atoms with E-state index in [1.807, 2.05) is 13.8 Å². The molecule has 1 saturated heterocycles. The lowest BCUT2D eigenvalue weighted by Gasteiger charge is -2.48. The first-order valence-electron chi connectivity index (χ1n) is 9.68. The summed E-state index contributed by atoms with van der Waals surface area (Å²) in [7, 11) is 0. The van der Waals surface area contributed by atoms with Crippen molar-refractivity contribution in [3.8, 4) is 0 Å². The lowest BCUT2D eigenvalue weighted by molar-refractivity contribution is -0.159. The van der Waals surface area contributed by atoms with Crippen LogP contribution < -0.4 is 4.90 Å². The third-order valence-corrected chi connectivity index (χ3v) is 5.28. The van der Waals surface area contributed by atoms with Crippen molar-refractivity contribution < 1.29 is 23.6 Å². The second-order valence-corrected chi connectivity index (χ2v) is 7.88. The van der Waals surface area contributed by atoms with Crippen molar-refractivity contribution in [2.45, 2.75) is 45.9 Å². The first kappa shape index (κ1) is 19.2. The van der Waals surface area contributed by atoms with E-state index in [4.69, 9.17) is 9.26 Å². The fraction of sp³-hybridized carbons (Fsp3) is 0.429. The molecule has 152 valence electrons. The van der Waals surface area contributed by atoms with Crippen molar-refractivity contribution in [2.75, 3.05) is 11.4 Å². The Kier molecular flexibility index (Phi) is 4.64. The number of aromatic nitrogens is 1. The lowest BCUT2D eigenvalue weighted by Crippen LogP contribution is -2.69. The van der Waals surface area contributed by atoms with E-state index in [0.717, 1.165) is 0 Å². The summed E-state index contributed by atoms with van der Waals surface area (Å²) in [6, 6.07) is 8.57. The quantitative estimate of drug-likeness (QED) is 0.720. The molecule has 2 amide bonds. The molecular formula is C21H23N3O5. The molecule has 0 bridgehead atoms. The van der Waals surface area contributed by atoms with Crippen LogP contribution in [-0.2, 0) is 20.9 Å². The average Bonchev–Trinajstić information content (AvgIpc) is 3.27. The number of amides is 2. The lowest BCUT2D eigenvalue weighted by atomic mass is 9.95. The summed E-state index contributed by atoms with van der Waals surface area (Å²) >= 11 is 0. The van der Waals surface area contributed by atoms with Gasteiger partial charge in [-0.15, -0.1) is 0 Å². The standard InChI is InChI=1S/C21H23N3O5/c1-13(2)11-23-19(26)16-6-4-5-7-17(16)24-18(25)8-9-21(23,24)20(27)28-12-15-10-14(3)29-22-15/h4-7,10,13H,8-9,11-12H2,1-3H3/t21-/m0/s1. The molecule has 8 nitrogen and oxygen atoms in total. The van der Waals surface area contributed by atoms with Crippen LogP contribution in [0.15, 0.2) is 34.9 Å². The van der Waals surface area contributed by atoms with E-state index in [2.05, 4.69) is 5.16 Å². The summed E-state index contributed by atoms with van der Waals surface area (Å²) in [5.41, 5.74) is -0.139. The SMILES string of the molecule is Cc1cc(COC(=O)[C@]23CCC(=O)N2c2ccccc2C(=O)N3CC(C)C)no1. The summed E-state index contributed by atoms with van der Waals surface area (Å²) in [6.07, 6.45) is 0.351. The van der Waals surface area contributed by atoms with Gasteiger partial charge in [-0.3, -0.25) is 14.5 Å². The van der Waals surface area contributed by atoms with Gasteiger partial charge in [0.1, 0.15) is 18.1 Å². The maximum absolute atomic E-state index is 13.4. The molecule has 0 N–H and O–H groups in total. The Labute approximate surface area is 168 Å². The molecule has 1 aromatic heterocycles. The van der Waals surface area contributed by atoms with Crippen molar-refractivity contribution in [2.24, 2.45) is 5.92 Å². The number of aryl methyl sites for hydroxylation is 1. The van der Waals surface area contributed by atoms with Crippen molar-refractivity contribution in [3.05, 3.63) is 47.3 Å². The summed E-state index contributed by atoms with van der Waals surface area (Å²) in [4.78, 5) is 42.5. The molecule has 1 aromatic carbocycles. The van der Waals surface area contributed by atoms with Crippen LogP contribution in [0.2, 0.25) is 0 Å². The zero-order valence-corrected chi connectivity index (χ0v) is 16.7. The summed E-state index contributed by atoms with van der Waals surface area (Å²) in [5, 5.41) is 3.84. The first-order chi connectivity index (χ1) is 13.8. The zero-order chi connectivity index (χ0) is 20.8. The minimum absolute atomic E-state index is 0.0920. The maximum atomic E-state index is 13.4. The van der Waals surface area contributed by atoms with Gasteiger partial charge in [0.15, 0.2) is 0 Å². The third kappa shape index (κ3) is 2.99. The van der Waals surface area contributed by atoms with Gasteiger partial charge in [-0.25, -0.2) is 4.79 Å². The van der Waals surface area contributed by atoms with Gasteiger partial charge >= 0.3 is 5.97 Å². The summed E-state index contributed by atoms with van der Waals surface area (Å²) < 4.78 is 10.6. The molecule has 0 radical (unpaired) electrons. The number of anilines is 1. The molecule has 0 unspecified atom stereocenters. The Morgan fingerprint density at radius 3 is 2.76 bits per heavy atom. The predicted octanol–water partition coefficient (Wildman–Crippen LogP) is 2.66. The minimum atomic E-state index is -1.48. The molecule has 4 rings (SSSR count). The van der Waals surface area contributed by atoms with Gasteiger partial charge in [-0.05, 0) is 25.0 Å². The number of hydrogen-bond donors (Lipinski definition) is 0. The Bertz CT molecular complexity index is 982. The van der Waals surface area contributed by atoms with E-state index in [0.29, 0.717) is 29.2 Å². The smallest absolute Gasteiger partial charge is 0.354 e. The molecule has 0 spiro atoms. The van der Waals surface area contributed by atoms with Gasteiger partial charge in [-0.2, -0.15) is 0 Å². The highest BCUT2D eigenvalue weighted by molar-refractivity contribution is 6.15. The highest BCUT2D eigenvalue weighted by Crippen LogP contribution is 2.45. The van der Waals surface area contributed by atoms with Crippen LogP contribution in [0.3, 0.4) is 0 Å². The van der Waals surface area contributed by atoms with E-state index in [1.54, 1.807) is 37.3 Å². The molecule has 3 heterocycles. The highest BCUT2D eigenvalue weighted by Gasteiger charge is 2.61. The van der Waals surface area contributed by atoms with Gasteiger partial charge in [0.2, 0.25) is 11.6 Å². The van der Waals surface area contributed by atoms with Crippen LogP contribution in [0, 0.1) is 12.8 Å². The van der Waals surface area contributed by atoms with Gasteiger partial charge in [0, 0.05) is 25.5 Å². The van der Waals surface area contributed by atoms with Gasteiger partial charge < -0.3 is 14.2 Å². The van der Waals surface area contributed by atoms with Crippen LogP contribution in [0.1, 0.15) is 48.5 Å². The molecule has 0 saturated carbocycles. The Morgan fingerprint density at radius 1 is 1.31 bits per heavy atom. The number of rotatable bonds is 5. The average molecular weight is 397 g/mol. The van der Waals surface area contributed by atoms with Crippen LogP contribution in [0.5, 0.6) is 0 Å². The normalized spacial score (nSPS) is 20.8. The molecule has 2 aliphatic rings. The van der Waals surface area contributed by atoms with Gasteiger partial charge in [0.05, 0.1) is 11.3 Å². The summed E-state index contributed by atoms with van der Waals surface area (Å²) in [5.74, 6) is -0.394. The monoisotopic (exact) mass is 397 g/mol. The van der Waals surface area contributed by atoms with Gasteiger partial charge in [-0.1, -0.05) is 31.1 Å². The van der Waals surface area contributed by atoms with Crippen molar-refractivity contribution in [1.82, 2.24) is 10.1 Å². The molecule has 1 atom stereocenters. The second-order valence-electron chi connectivity index (χ2n) is 7.88. The molecule has 8 heteroatoms. The Balaban J connectivity index is 1.76. The minimum Gasteiger partial charge on any atom is -0.456 e. The van der Waals surface area contributed by atoms with E-state index in [1.165, 1.54) is 9.80 Å². The summed E-state index contributed by atoms with van der Waals surface area (Å²) in [6.45, 7) is 5.91. The number of carbonyl (C=O) groups is 3. The maximum Gasteiger partial charge on any atom is 0.354 e. The second kappa shape index (κ2) is 7.02. The van der Waals surface area contributed by atoms with Crippen LogP contribution >= 0.6 is 0 Å². The molecule has 2 aromatic rings. The molecule has 2 aliphatic heterocycles.